The van der Waals surface area contributed by atoms with Gasteiger partial charge in [-0.05, 0) is 38.0 Å². The number of nitrogens with one attached hydrogen (secondary N) is 1. The van der Waals surface area contributed by atoms with E-state index in [0.29, 0.717) is 13.0 Å². The standard InChI is InChI=1S/C18H24N4O/c1-14(15(2)22-12-5-10-20-22)19-11-8-18(23)21-13-9-16-6-3-4-7-17(16)21/h3-7,10,12,14-15,19H,8-9,11,13H2,1-2H3/t14-,15-/m0/s1. The van der Waals surface area contributed by atoms with Gasteiger partial charge in [-0.1, -0.05) is 18.2 Å². The Bertz CT molecular complexity index is 653. The number of anilines is 1. The van der Waals surface area contributed by atoms with E-state index in [1.54, 1.807) is 6.20 Å². The molecule has 3 rings (SSSR count). The summed E-state index contributed by atoms with van der Waals surface area (Å²) in [7, 11) is 0. The van der Waals surface area contributed by atoms with Crippen LogP contribution in [-0.4, -0.2) is 34.8 Å². The third-order valence-electron chi connectivity index (χ3n) is 4.66. The average Bonchev–Trinajstić information content (AvgIpc) is 3.23. The van der Waals surface area contributed by atoms with Crippen LogP contribution in [0.3, 0.4) is 0 Å². The average molecular weight is 312 g/mol. The van der Waals surface area contributed by atoms with E-state index in [2.05, 4.69) is 30.3 Å². The first kappa shape index (κ1) is 15.7. The number of nitrogens with zero attached hydrogens (tertiary/aromatic N) is 3. The number of benzene rings is 1. The Morgan fingerprint density at radius 2 is 2.13 bits per heavy atom. The van der Waals surface area contributed by atoms with E-state index in [4.69, 9.17) is 0 Å². The Morgan fingerprint density at radius 1 is 1.30 bits per heavy atom. The SMILES string of the molecule is C[C@H](NCCC(=O)N1CCc2ccccc21)[C@H](C)n1cccn1. The van der Waals surface area contributed by atoms with Crippen LogP contribution >= 0.6 is 0 Å². The maximum Gasteiger partial charge on any atom is 0.228 e. The Balaban J connectivity index is 1.49. The van der Waals surface area contributed by atoms with Crippen molar-refractivity contribution in [2.75, 3.05) is 18.0 Å². The molecular formula is C18H24N4O. The van der Waals surface area contributed by atoms with Crippen molar-refractivity contribution < 1.29 is 4.79 Å². The number of rotatable bonds is 6. The number of hydrogen-bond acceptors (Lipinski definition) is 3. The van der Waals surface area contributed by atoms with Crippen LogP contribution in [0.1, 0.15) is 31.9 Å². The van der Waals surface area contributed by atoms with E-state index < -0.39 is 0 Å². The van der Waals surface area contributed by atoms with Gasteiger partial charge in [0.15, 0.2) is 0 Å². The number of carbonyl (C=O) groups excluding carboxylic acids is 1. The molecule has 1 aliphatic rings. The summed E-state index contributed by atoms with van der Waals surface area (Å²) in [5.74, 6) is 0.196. The molecule has 1 amide bonds. The van der Waals surface area contributed by atoms with Gasteiger partial charge in [-0.15, -0.1) is 0 Å². The van der Waals surface area contributed by atoms with E-state index in [0.717, 1.165) is 18.7 Å². The molecule has 1 N–H and O–H groups in total. The number of para-hydroxylation sites is 1. The van der Waals surface area contributed by atoms with Crippen molar-refractivity contribution in [1.29, 1.82) is 0 Å². The van der Waals surface area contributed by atoms with Crippen molar-refractivity contribution in [3.63, 3.8) is 0 Å². The largest absolute Gasteiger partial charge is 0.312 e. The Morgan fingerprint density at radius 3 is 2.91 bits per heavy atom. The highest BCUT2D eigenvalue weighted by Crippen LogP contribution is 2.27. The molecular weight excluding hydrogens is 288 g/mol. The lowest BCUT2D eigenvalue weighted by molar-refractivity contribution is -0.118. The lowest BCUT2D eigenvalue weighted by Crippen LogP contribution is -2.37. The fourth-order valence-electron chi connectivity index (χ4n) is 3.06. The van der Waals surface area contributed by atoms with Crippen LogP contribution in [0.5, 0.6) is 0 Å². The van der Waals surface area contributed by atoms with Crippen LogP contribution in [0.25, 0.3) is 0 Å². The predicted molar refractivity (Wildman–Crippen MR) is 91.5 cm³/mol. The summed E-state index contributed by atoms with van der Waals surface area (Å²) >= 11 is 0. The van der Waals surface area contributed by atoms with Gasteiger partial charge >= 0.3 is 0 Å². The second-order valence-corrected chi connectivity index (χ2v) is 6.14. The van der Waals surface area contributed by atoms with Gasteiger partial charge in [0.1, 0.15) is 0 Å². The molecule has 0 unspecified atom stereocenters. The van der Waals surface area contributed by atoms with E-state index in [9.17, 15) is 4.79 Å². The molecule has 0 saturated carbocycles. The molecule has 5 nitrogen and oxygen atoms in total. The van der Waals surface area contributed by atoms with Crippen molar-refractivity contribution in [3.8, 4) is 0 Å². The minimum atomic E-state index is 0.196. The number of fused-ring (bicyclic) bond motifs is 1. The zero-order valence-corrected chi connectivity index (χ0v) is 13.8. The van der Waals surface area contributed by atoms with E-state index in [-0.39, 0.29) is 18.0 Å². The van der Waals surface area contributed by atoms with Gasteiger partial charge in [0.05, 0.1) is 6.04 Å². The van der Waals surface area contributed by atoms with Crippen molar-refractivity contribution in [2.45, 2.75) is 38.8 Å². The molecule has 0 bridgehead atoms. The highest BCUT2D eigenvalue weighted by atomic mass is 16.2. The summed E-state index contributed by atoms with van der Waals surface area (Å²) in [5, 5.41) is 7.71. The molecule has 2 heterocycles. The maximum atomic E-state index is 12.5. The number of amides is 1. The molecule has 0 spiro atoms. The Labute approximate surface area is 137 Å². The fraction of sp³-hybridized carbons (Fsp3) is 0.444. The topological polar surface area (TPSA) is 50.2 Å². The van der Waals surface area contributed by atoms with Gasteiger partial charge in [0.25, 0.3) is 0 Å². The van der Waals surface area contributed by atoms with Crippen LogP contribution in [0, 0.1) is 0 Å². The zero-order valence-electron chi connectivity index (χ0n) is 13.8. The third kappa shape index (κ3) is 3.45. The van der Waals surface area contributed by atoms with Crippen molar-refractivity contribution >= 4 is 11.6 Å². The number of aromatic nitrogens is 2. The molecule has 23 heavy (non-hydrogen) atoms. The van der Waals surface area contributed by atoms with Gasteiger partial charge in [-0.2, -0.15) is 5.10 Å². The van der Waals surface area contributed by atoms with Crippen LogP contribution < -0.4 is 10.2 Å². The smallest absolute Gasteiger partial charge is 0.228 e. The summed E-state index contributed by atoms with van der Waals surface area (Å²) in [6, 6.07) is 10.6. The van der Waals surface area contributed by atoms with Gasteiger partial charge in [-0.25, -0.2) is 0 Å². The summed E-state index contributed by atoms with van der Waals surface area (Å²) in [6.07, 6.45) is 5.24. The number of hydrogen-bond donors (Lipinski definition) is 1. The lowest BCUT2D eigenvalue weighted by atomic mass is 10.1. The van der Waals surface area contributed by atoms with Gasteiger partial charge < -0.3 is 10.2 Å². The van der Waals surface area contributed by atoms with E-state index >= 15 is 0 Å². The van der Waals surface area contributed by atoms with E-state index in [1.165, 1.54) is 5.56 Å². The minimum absolute atomic E-state index is 0.196. The first-order chi connectivity index (χ1) is 11.2. The molecule has 0 aliphatic carbocycles. The van der Waals surface area contributed by atoms with E-state index in [1.807, 2.05) is 40.0 Å². The predicted octanol–water partition coefficient (Wildman–Crippen LogP) is 2.40. The first-order valence-electron chi connectivity index (χ1n) is 8.27. The van der Waals surface area contributed by atoms with Crippen molar-refractivity contribution in [3.05, 3.63) is 48.3 Å². The molecule has 1 aliphatic heterocycles. The molecule has 1 aromatic heterocycles. The quantitative estimate of drug-likeness (QED) is 0.891. The molecule has 122 valence electrons. The molecule has 0 fully saturated rings. The normalized spacial score (nSPS) is 16.2. The van der Waals surface area contributed by atoms with Crippen LogP contribution in [0.4, 0.5) is 5.69 Å². The van der Waals surface area contributed by atoms with Crippen molar-refractivity contribution in [1.82, 2.24) is 15.1 Å². The van der Waals surface area contributed by atoms with Crippen LogP contribution in [0.15, 0.2) is 42.7 Å². The highest BCUT2D eigenvalue weighted by molar-refractivity contribution is 5.95. The minimum Gasteiger partial charge on any atom is -0.312 e. The molecule has 2 aromatic rings. The second-order valence-electron chi connectivity index (χ2n) is 6.14. The van der Waals surface area contributed by atoms with Crippen LogP contribution in [0.2, 0.25) is 0 Å². The third-order valence-corrected chi connectivity index (χ3v) is 4.66. The van der Waals surface area contributed by atoms with Gasteiger partial charge in [0, 0.05) is 43.6 Å². The van der Waals surface area contributed by atoms with Gasteiger partial charge in [0.2, 0.25) is 5.91 Å². The highest BCUT2D eigenvalue weighted by Gasteiger charge is 2.23. The molecule has 0 saturated heterocycles. The maximum absolute atomic E-state index is 12.5. The summed E-state index contributed by atoms with van der Waals surface area (Å²) in [5.41, 5.74) is 2.35. The lowest BCUT2D eigenvalue weighted by Gasteiger charge is -2.23. The Hall–Kier alpha value is -2.14. The molecule has 0 radical (unpaired) electrons. The monoisotopic (exact) mass is 312 g/mol. The molecule has 1 aromatic carbocycles. The Kier molecular flexibility index (Phi) is 4.76. The first-order valence-corrected chi connectivity index (χ1v) is 8.27. The zero-order chi connectivity index (χ0) is 16.2. The van der Waals surface area contributed by atoms with Crippen molar-refractivity contribution in [2.24, 2.45) is 0 Å². The summed E-state index contributed by atoms with van der Waals surface area (Å²) < 4.78 is 1.94. The second kappa shape index (κ2) is 6.96. The number of carbonyl (C=O) groups is 1. The molecule has 5 heteroatoms. The summed E-state index contributed by atoms with van der Waals surface area (Å²) in [4.78, 5) is 14.4. The molecule has 2 atom stereocenters. The fourth-order valence-corrected chi connectivity index (χ4v) is 3.06. The summed E-state index contributed by atoms with van der Waals surface area (Å²) in [6.45, 7) is 5.74. The van der Waals surface area contributed by atoms with Gasteiger partial charge in [-0.3, -0.25) is 9.48 Å². The van der Waals surface area contributed by atoms with Crippen LogP contribution in [-0.2, 0) is 11.2 Å².